The molecule has 0 saturated carbocycles. The summed E-state index contributed by atoms with van der Waals surface area (Å²) in [4.78, 5) is 1.33. The number of halogens is 2. The molecule has 0 fully saturated rings. The van der Waals surface area contributed by atoms with Crippen LogP contribution in [-0.2, 0) is 19.9 Å². The molecule has 0 radical (unpaired) electrons. The maximum atomic E-state index is 13.4. The number of benzene rings is 1. The number of aryl methyl sites for hydroxylation is 1. The molecule has 5 nitrogen and oxygen atoms in total. The molecule has 2 aromatic rings. The molecule has 7 heteroatoms. The van der Waals surface area contributed by atoms with Crippen molar-refractivity contribution in [1.29, 1.82) is 0 Å². The highest BCUT2D eigenvalue weighted by Gasteiger charge is 2.12. The summed E-state index contributed by atoms with van der Waals surface area (Å²) in [5.41, 5.74) is 6.26. The summed E-state index contributed by atoms with van der Waals surface area (Å²) in [6.07, 6.45) is 0.690. The quantitative estimate of drug-likeness (QED) is 0.866. The second-order valence-electron chi connectivity index (χ2n) is 4.10. The van der Waals surface area contributed by atoms with Gasteiger partial charge in [0.05, 0.1) is 7.05 Å². The molecule has 0 spiro atoms. The fraction of sp³-hybridized carbons (Fsp3) is 0.364. The van der Waals surface area contributed by atoms with E-state index in [9.17, 15) is 8.78 Å². The molecule has 0 aliphatic carbocycles. The van der Waals surface area contributed by atoms with Gasteiger partial charge in [0.2, 0.25) is 0 Å². The van der Waals surface area contributed by atoms with Crippen LogP contribution in [-0.4, -0.2) is 26.2 Å². The molecule has 96 valence electrons. The van der Waals surface area contributed by atoms with E-state index in [1.165, 1.54) is 16.9 Å². The molecule has 2 N–H and O–H groups in total. The van der Waals surface area contributed by atoms with Gasteiger partial charge in [0.15, 0.2) is 5.82 Å². The zero-order valence-electron chi connectivity index (χ0n) is 9.85. The second-order valence-corrected chi connectivity index (χ2v) is 4.10. The van der Waals surface area contributed by atoms with Crippen LogP contribution in [0, 0.1) is 11.6 Å². The van der Waals surface area contributed by atoms with Gasteiger partial charge in [-0.2, -0.15) is 4.80 Å². The third-order valence-electron chi connectivity index (χ3n) is 2.49. The molecule has 0 aliphatic rings. The van der Waals surface area contributed by atoms with Gasteiger partial charge in [-0.05, 0) is 23.3 Å². The maximum Gasteiger partial charge on any atom is 0.176 e. The Kier molecular flexibility index (Phi) is 3.61. The van der Waals surface area contributed by atoms with Crippen LogP contribution in [0.4, 0.5) is 8.78 Å². The summed E-state index contributed by atoms with van der Waals surface area (Å²) in [7, 11) is 1.65. The average Bonchev–Trinajstić information content (AvgIpc) is 2.68. The molecule has 0 saturated heterocycles. The van der Waals surface area contributed by atoms with Crippen molar-refractivity contribution in [1.82, 2.24) is 20.2 Å². The van der Waals surface area contributed by atoms with E-state index in [0.29, 0.717) is 24.2 Å². The van der Waals surface area contributed by atoms with Crippen LogP contribution in [0.15, 0.2) is 18.2 Å². The van der Waals surface area contributed by atoms with Crippen LogP contribution in [0.3, 0.4) is 0 Å². The minimum absolute atomic E-state index is 0.296. The lowest BCUT2D eigenvalue weighted by atomic mass is 10.0. The molecule has 1 heterocycles. The van der Waals surface area contributed by atoms with Gasteiger partial charge in [0.1, 0.15) is 11.6 Å². The van der Waals surface area contributed by atoms with Crippen molar-refractivity contribution in [3.63, 3.8) is 0 Å². The Morgan fingerprint density at radius 2 is 2.11 bits per heavy atom. The predicted molar refractivity (Wildman–Crippen MR) is 60.5 cm³/mol. The topological polar surface area (TPSA) is 69.6 Å². The van der Waals surface area contributed by atoms with Gasteiger partial charge in [-0.15, -0.1) is 10.2 Å². The molecule has 1 aromatic heterocycles. The standard InChI is InChI=1S/C11H13F2N5/c1-18-16-11(15-17-18)6-9(14)4-7-2-3-8(12)5-10(7)13/h2-3,5,9H,4,6,14H2,1H3. The largest absolute Gasteiger partial charge is 0.327 e. The van der Waals surface area contributed by atoms with Crippen LogP contribution in [0.25, 0.3) is 0 Å². The van der Waals surface area contributed by atoms with E-state index < -0.39 is 11.6 Å². The Morgan fingerprint density at radius 1 is 1.33 bits per heavy atom. The van der Waals surface area contributed by atoms with Crippen LogP contribution in [0.5, 0.6) is 0 Å². The number of rotatable bonds is 4. The average molecular weight is 253 g/mol. The van der Waals surface area contributed by atoms with Gasteiger partial charge in [0.25, 0.3) is 0 Å². The lowest BCUT2D eigenvalue weighted by Gasteiger charge is -2.09. The van der Waals surface area contributed by atoms with Gasteiger partial charge < -0.3 is 5.73 Å². The maximum absolute atomic E-state index is 13.4. The monoisotopic (exact) mass is 253 g/mol. The number of nitrogens with zero attached hydrogens (tertiary/aromatic N) is 4. The fourth-order valence-corrected chi connectivity index (χ4v) is 1.68. The highest BCUT2D eigenvalue weighted by atomic mass is 19.1. The van der Waals surface area contributed by atoms with Crippen molar-refractivity contribution in [2.45, 2.75) is 18.9 Å². The summed E-state index contributed by atoms with van der Waals surface area (Å²) < 4.78 is 26.1. The van der Waals surface area contributed by atoms with E-state index in [1.54, 1.807) is 7.05 Å². The molecule has 1 unspecified atom stereocenters. The van der Waals surface area contributed by atoms with Crippen LogP contribution in [0.2, 0.25) is 0 Å². The summed E-state index contributed by atoms with van der Waals surface area (Å²) >= 11 is 0. The van der Waals surface area contributed by atoms with E-state index in [2.05, 4.69) is 15.4 Å². The minimum atomic E-state index is -0.597. The Balaban J connectivity index is 2.00. The fourth-order valence-electron chi connectivity index (χ4n) is 1.68. The highest BCUT2D eigenvalue weighted by molar-refractivity contribution is 5.19. The number of nitrogens with two attached hydrogens (primary N) is 1. The molecule has 18 heavy (non-hydrogen) atoms. The first kappa shape index (κ1) is 12.6. The number of tetrazole rings is 1. The van der Waals surface area contributed by atoms with Crippen LogP contribution in [0.1, 0.15) is 11.4 Å². The second kappa shape index (κ2) is 5.18. The van der Waals surface area contributed by atoms with E-state index in [0.717, 1.165) is 6.07 Å². The van der Waals surface area contributed by atoms with Crippen molar-refractivity contribution in [2.75, 3.05) is 0 Å². The lowest BCUT2D eigenvalue weighted by molar-refractivity contribution is 0.554. The highest BCUT2D eigenvalue weighted by Crippen LogP contribution is 2.12. The van der Waals surface area contributed by atoms with Crippen molar-refractivity contribution >= 4 is 0 Å². The minimum Gasteiger partial charge on any atom is -0.327 e. The van der Waals surface area contributed by atoms with E-state index in [1.807, 2.05) is 0 Å². The Bertz CT molecular complexity index is 540. The number of hydrogen-bond acceptors (Lipinski definition) is 4. The van der Waals surface area contributed by atoms with Crippen molar-refractivity contribution < 1.29 is 8.78 Å². The molecule has 1 aromatic carbocycles. The summed E-state index contributed by atoms with van der Waals surface area (Å²) in [5.74, 6) is -0.675. The molecule has 0 bridgehead atoms. The Morgan fingerprint density at radius 3 is 2.72 bits per heavy atom. The zero-order chi connectivity index (χ0) is 13.1. The van der Waals surface area contributed by atoms with Crippen LogP contribution < -0.4 is 5.73 Å². The first-order valence-corrected chi connectivity index (χ1v) is 5.47. The van der Waals surface area contributed by atoms with Crippen molar-refractivity contribution in [3.8, 4) is 0 Å². The zero-order valence-corrected chi connectivity index (χ0v) is 9.85. The molecule has 0 aliphatic heterocycles. The van der Waals surface area contributed by atoms with Crippen LogP contribution >= 0.6 is 0 Å². The number of hydrogen-bond donors (Lipinski definition) is 1. The van der Waals surface area contributed by atoms with Gasteiger partial charge in [-0.25, -0.2) is 8.78 Å². The SMILES string of the molecule is Cn1nnc(CC(N)Cc2ccc(F)cc2F)n1. The molecular weight excluding hydrogens is 240 g/mol. The smallest absolute Gasteiger partial charge is 0.176 e. The summed E-state index contributed by atoms with van der Waals surface area (Å²) in [6, 6.07) is 3.12. The Labute approximate surface area is 103 Å². The van der Waals surface area contributed by atoms with E-state index in [-0.39, 0.29) is 6.04 Å². The van der Waals surface area contributed by atoms with Gasteiger partial charge >= 0.3 is 0 Å². The molecule has 0 amide bonds. The molecule has 1 atom stereocenters. The normalized spacial score (nSPS) is 12.7. The third kappa shape index (κ3) is 3.07. The van der Waals surface area contributed by atoms with Crippen molar-refractivity contribution in [3.05, 3.63) is 41.2 Å². The summed E-state index contributed by atoms with van der Waals surface area (Å²) in [5, 5.41) is 11.5. The van der Waals surface area contributed by atoms with Gasteiger partial charge in [-0.3, -0.25) is 0 Å². The lowest BCUT2D eigenvalue weighted by Crippen LogP contribution is -2.26. The first-order chi connectivity index (χ1) is 8.54. The van der Waals surface area contributed by atoms with Crippen molar-refractivity contribution in [2.24, 2.45) is 12.8 Å². The van der Waals surface area contributed by atoms with Gasteiger partial charge in [-0.1, -0.05) is 6.07 Å². The van der Waals surface area contributed by atoms with Gasteiger partial charge in [0, 0.05) is 18.5 Å². The first-order valence-electron chi connectivity index (χ1n) is 5.47. The molecular formula is C11H13F2N5. The van der Waals surface area contributed by atoms with E-state index in [4.69, 9.17) is 5.73 Å². The molecule has 2 rings (SSSR count). The number of aromatic nitrogens is 4. The summed E-state index contributed by atoms with van der Waals surface area (Å²) in [6.45, 7) is 0. The Hall–Kier alpha value is -1.89. The van der Waals surface area contributed by atoms with E-state index >= 15 is 0 Å². The third-order valence-corrected chi connectivity index (χ3v) is 2.49. The predicted octanol–water partition coefficient (Wildman–Crippen LogP) is 0.601.